The molecule has 0 aliphatic carbocycles. The third-order valence-electron chi connectivity index (χ3n) is 9.14. The van der Waals surface area contributed by atoms with E-state index in [1.54, 1.807) is 18.2 Å². The number of anilines is 2. The molecule has 1 amide bonds. The van der Waals surface area contributed by atoms with E-state index >= 15 is 0 Å². The predicted octanol–water partition coefficient (Wildman–Crippen LogP) is 4.67. The smallest absolute Gasteiger partial charge is 0.435 e. The number of carbonyl (C=O) groups excluding carboxylic acids is 2. The van der Waals surface area contributed by atoms with E-state index in [1.807, 2.05) is 6.92 Å². The zero-order valence-corrected chi connectivity index (χ0v) is 29.2. The fourth-order valence-corrected chi connectivity index (χ4v) is 6.50. The topological polar surface area (TPSA) is 215 Å². The number of quaternary nitrogens is 1. The van der Waals surface area contributed by atoms with Gasteiger partial charge in [-0.2, -0.15) is 18.3 Å². The molecule has 1 aliphatic heterocycles. The Morgan fingerprint density at radius 1 is 1.13 bits per heavy atom. The quantitative estimate of drug-likeness (QED) is 0.0700. The third kappa shape index (κ3) is 9.64. The van der Waals surface area contributed by atoms with Crippen molar-refractivity contribution in [2.24, 2.45) is 11.3 Å². The summed E-state index contributed by atoms with van der Waals surface area (Å²) in [7, 11) is 0. The van der Waals surface area contributed by atoms with Crippen LogP contribution in [0.2, 0.25) is 0 Å². The van der Waals surface area contributed by atoms with Crippen molar-refractivity contribution in [3.05, 3.63) is 59.8 Å². The van der Waals surface area contributed by atoms with E-state index in [9.17, 15) is 46.5 Å². The predicted molar refractivity (Wildman–Crippen MR) is 182 cm³/mol. The number of carboxylic acids is 2. The van der Waals surface area contributed by atoms with Crippen LogP contribution in [0.25, 0.3) is 16.9 Å². The van der Waals surface area contributed by atoms with Crippen molar-refractivity contribution in [3.63, 3.8) is 0 Å². The van der Waals surface area contributed by atoms with E-state index in [1.165, 1.54) is 23.0 Å². The number of aliphatic carboxylic acids is 2. The number of nitrogens with zero attached hydrogens (tertiary/aromatic N) is 5. The number of halogens is 5. The molecule has 1 aliphatic rings. The average Bonchev–Trinajstić information content (AvgIpc) is 3.68. The van der Waals surface area contributed by atoms with Crippen LogP contribution in [-0.2, 0) is 28.7 Å². The van der Waals surface area contributed by atoms with Crippen LogP contribution in [0, 0.1) is 11.3 Å². The van der Waals surface area contributed by atoms with Gasteiger partial charge in [0.05, 0.1) is 23.9 Å². The van der Waals surface area contributed by atoms with Gasteiger partial charge in [-0.1, -0.05) is 19.8 Å². The number of amides is 1. The Hall–Kier alpha value is -5.17. The van der Waals surface area contributed by atoms with Gasteiger partial charge in [-0.05, 0) is 68.5 Å². The van der Waals surface area contributed by atoms with Crippen LogP contribution in [0.4, 0.5) is 33.5 Å². The number of benzene rings is 1. The van der Waals surface area contributed by atoms with Crippen molar-refractivity contribution in [2.75, 3.05) is 25.0 Å². The molecular formula is C34H42F5N9O5. The maximum Gasteiger partial charge on any atom is 0.435 e. The second-order valence-corrected chi connectivity index (χ2v) is 12.9. The largest absolute Gasteiger partial charge is 0.550 e. The molecule has 288 valence electrons. The van der Waals surface area contributed by atoms with Crippen molar-refractivity contribution < 1.29 is 46.5 Å². The van der Waals surface area contributed by atoms with E-state index in [0.717, 1.165) is 6.20 Å². The molecule has 4 heterocycles. The zero-order valence-electron chi connectivity index (χ0n) is 29.2. The SMILES string of the molecule is CCc1cc(Nc2nccn3c(-c4cn(CC(F)F)nc4C(F)(F)F)cnc23)ccc1C(=O)NCCCCCC(CC(=O)O)(CC1CNC1)C(=O)[O-].[NH4+]. The summed E-state index contributed by atoms with van der Waals surface area (Å²) >= 11 is 0. The highest BCUT2D eigenvalue weighted by Crippen LogP contribution is 2.38. The lowest BCUT2D eigenvalue weighted by molar-refractivity contribution is -0.321. The number of hydrogen-bond acceptors (Lipinski definition) is 9. The molecule has 14 nitrogen and oxygen atoms in total. The first-order valence-corrected chi connectivity index (χ1v) is 16.8. The van der Waals surface area contributed by atoms with Gasteiger partial charge in [-0.15, -0.1) is 0 Å². The molecule has 1 aromatic carbocycles. The Bertz CT molecular complexity index is 1910. The van der Waals surface area contributed by atoms with Crippen molar-refractivity contribution in [2.45, 2.75) is 71.0 Å². The number of rotatable bonds is 18. The van der Waals surface area contributed by atoms with Crippen LogP contribution in [0.3, 0.4) is 0 Å². The highest BCUT2D eigenvalue weighted by Gasteiger charge is 2.39. The lowest BCUT2D eigenvalue weighted by Crippen LogP contribution is -2.50. The Labute approximate surface area is 300 Å². The summed E-state index contributed by atoms with van der Waals surface area (Å²) in [6, 6.07) is 4.99. The minimum Gasteiger partial charge on any atom is -0.550 e. The summed E-state index contributed by atoms with van der Waals surface area (Å²) < 4.78 is 69.1. The van der Waals surface area contributed by atoms with Crippen molar-refractivity contribution >= 4 is 35.0 Å². The van der Waals surface area contributed by atoms with Gasteiger partial charge in [0.25, 0.3) is 12.3 Å². The van der Waals surface area contributed by atoms with Gasteiger partial charge in [0, 0.05) is 47.8 Å². The third-order valence-corrected chi connectivity index (χ3v) is 9.14. The lowest BCUT2D eigenvalue weighted by Gasteiger charge is -2.40. The molecular weight excluding hydrogens is 709 g/mol. The second-order valence-electron chi connectivity index (χ2n) is 12.9. The summed E-state index contributed by atoms with van der Waals surface area (Å²) in [6.07, 6.45) is -1.02. The van der Waals surface area contributed by atoms with Gasteiger partial charge in [-0.3, -0.25) is 18.7 Å². The minimum absolute atomic E-state index is 0. The summed E-state index contributed by atoms with van der Waals surface area (Å²) in [6.45, 7) is 2.46. The van der Waals surface area contributed by atoms with E-state index < -0.39 is 54.2 Å². The Morgan fingerprint density at radius 3 is 2.51 bits per heavy atom. The van der Waals surface area contributed by atoms with E-state index in [4.69, 9.17) is 0 Å². The Kier molecular flexibility index (Phi) is 13.1. The van der Waals surface area contributed by atoms with Crippen LogP contribution in [-0.4, -0.2) is 73.2 Å². The van der Waals surface area contributed by atoms with Crippen LogP contribution in [0.5, 0.6) is 0 Å². The summed E-state index contributed by atoms with van der Waals surface area (Å²) in [4.78, 5) is 45.1. The van der Waals surface area contributed by atoms with Gasteiger partial charge in [0.1, 0.15) is 6.54 Å². The molecule has 5 rings (SSSR count). The first-order chi connectivity index (χ1) is 24.7. The molecule has 0 spiro atoms. The summed E-state index contributed by atoms with van der Waals surface area (Å²) in [5, 5.41) is 33.8. The van der Waals surface area contributed by atoms with Gasteiger partial charge in [0.15, 0.2) is 17.2 Å². The zero-order chi connectivity index (χ0) is 37.6. The number of aromatic nitrogens is 5. The van der Waals surface area contributed by atoms with E-state index in [0.29, 0.717) is 66.8 Å². The van der Waals surface area contributed by atoms with Crippen molar-refractivity contribution in [1.82, 2.24) is 40.9 Å². The van der Waals surface area contributed by atoms with E-state index in [-0.39, 0.29) is 48.0 Å². The Balaban J connectivity index is 0.00000627. The molecule has 53 heavy (non-hydrogen) atoms. The van der Waals surface area contributed by atoms with Gasteiger partial charge in [-0.25, -0.2) is 18.7 Å². The summed E-state index contributed by atoms with van der Waals surface area (Å²) in [5.74, 6) is -2.56. The van der Waals surface area contributed by atoms with E-state index in [2.05, 4.69) is 31.0 Å². The molecule has 0 bridgehead atoms. The fourth-order valence-electron chi connectivity index (χ4n) is 6.50. The standard InChI is InChI=1S/C34H39F5N8O5.H3N/c1-2-21-12-22(6-7-23(21)31(50)42-9-5-3-4-8-33(32(51)52,14-27(48)49)13-20-15-40-16-20)44-29-30-43-17-25(47(30)11-10-41-29)24-18-46(19-26(35)36)45-28(24)34(37,38)39;/h6-7,10-12,17-18,20,26,40H,2-5,8-9,13-16,19H2,1H3,(H,41,44)(H,42,50)(H,48,49)(H,51,52);1H3. The maximum absolute atomic E-state index is 13.8. The number of hydrogen-bond donors (Lipinski definition) is 5. The van der Waals surface area contributed by atoms with Gasteiger partial charge < -0.3 is 37.1 Å². The molecule has 0 saturated carbocycles. The first kappa shape index (κ1) is 40.6. The van der Waals surface area contributed by atoms with Crippen molar-refractivity contribution in [3.8, 4) is 11.3 Å². The molecule has 1 atom stereocenters. The molecule has 3 aromatic heterocycles. The molecule has 19 heteroatoms. The number of imidazole rings is 1. The molecule has 4 aromatic rings. The number of alkyl halides is 5. The van der Waals surface area contributed by atoms with Crippen LogP contribution >= 0.6 is 0 Å². The molecule has 0 radical (unpaired) electrons. The number of aryl methyl sites for hydroxylation is 1. The molecule has 1 fully saturated rings. The van der Waals surface area contributed by atoms with Gasteiger partial charge in [0.2, 0.25) is 0 Å². The number of carbonyl (C=O) groups is 3. The maximum atomic E-state index is 13.8. The second kappa shape index (κ2) is 17.1. The Morgan fingerprint density at radius 2 is 1.89 bits per heavy atom. The normalized spacial score (nSPS) is 14.4. The van der Waals surface area contributed by atoms with Crippen LogP contribution in [0.1, 0.15) is 67.1 Å². The lowest BCUT2D eigenvalue weighted by atomic mass is 9.71. The number of carboxylic acid groups (broad SMARTS) is 2. The molecule has 1 saturated heterocycles. The fraction of sp³-hybridized carbons (Fsp3) is 0.471. The highest BCUT2D eigenvalue weighted by molar-refractivity contribution is 5.96. The molecule has 1 unspecified atom stereocenters. The first-order valence-electron chi connectivity index (χ1n) is 16.8. The number of unbranched alkanes of at least 4 members (excludes halogenated alkanes) is 2. The number of fused-ring (bicyclic) bond motifs is 1. The van der Waals surface area contributed by atoms with Gasteiger partial charge >= 0.3 is 12.1 Å². The molecule has 8 N–H and O–H groups in total. The van der Waals surface area contributed by atoms with Crippen molar-refractivity contribution in [1.29, 1.82) is 0 Å². The summed E-state index contributed by atoms with van der Waals surface area (Å²) in [5.41, 5.74) is -1.42. The minimum atomic E-state index is -4.91. The van der Waals surface area contributed by atoms with Crippen LogP contribution in [0.15, 0.2) is 43.0 Å². The average molecular weight is 752 g/mol. The highest BCUT2D eigenvalue weighted by atomic mass is 19.4. The van der Waals surface area contributed by atoms with Crippen LogP contribution < -0.4 is 27.2 Å². The number of nitrogens with one attached hydrogen (secondary N) is 3. The monoisotopic (exact) mass is 751 g/mol.